The lowest BCUT2D eigenvalue weighted by molar-refractivity contribution is -1.01. The molecule has 8 heteroatoms. The summed E-state index contributed by atoms with van der Waals surface area (Å²) in [7, 11) is 1.26. The monoisotopic (exact) mass is 210 g/mol. The van der Waals surface area contributed by atoms with Crippen molar-refractivity contribution >= 4 is 0 Å². The van der Waals surface area contributed by atoms with Gasteiger partial charge in [-0.25, -0.2) is 0 Å². The molecule has 0 heterocycles. The topological polar surface area (TPSA) is 86.8 Å². The first kappa shape index (κ1) is 12.9. The lowest BCUT2D eigenvalue weighted by Crippen LogP contribution is -2.36. The van der Waals surface area contributed by atoms with Crippen LogP contribution in [0.4, 0.5) is 0 Å². The minimum atomic E-state index is -0.0949. The van der Waals surface area contributed by atoms with E-state index < -0.39 is 0 Å². The smallest absolute Gasteiger partial charge is 0.312 e. The maximum Gasteiger partial charge on any atom is 0.312 e. The van der Waals surface area contributed by atoms with Gasteiger partial charge in [0, 0.05) is 0 Å². The Balaban J connectivity index is 4.24. The zero-order valence-electron chi connectivity index (χ0n) is 8.29. The summed E-state index contributed by atoms with van der Waals surface area (Å²) in [4.78, 5) is 13.0. The van der Waals surface area contributed by atoms with Crippen molar-refractivity contribution in [2.45, 2.75) is 13.3 Å². The fraction of sp³-hybridized carbons (Fsp3) is 1.00. The lowest BCUT2D eigenvalue weighted by Gasteiger charge is -2.09. The molecule has 0 aromatic carbocycles. The Kier molecular flexibility index (Phi) is 7.80. The summed E-state index contributed by atoms with van der Waals surface area (Å²) in [5.74, 6) is 0. The highest BCUT2D eigenvalue weighted by Gasteiger charge is 2.21. The summed E-state index contributed by atoms with van der Waals surface area (Å²) in [5.41, 5.74) is 0. The van der Waals surface area contributed by atoms with Crippen molar-refractivity contribution < 1.29 is 30.2 Å². The number of aliphatic hydroxyl groups excluding tert-OH is 1. The molecule has 0 bridgehead atoms. The van der Waals surface area contributed by atoms with E-state index in [1.807, 2.05) is 6.92 Å². The van der Waals surface area contributed by atoms with Crippen molar-refractivity contribution in [2.24, 2.45) is 5.28 Å². The van der Waals surface area contributed by atoms with Crippen LogP contribution in [0.15, 0.2) is 5.28 Å². The van der Waals surface area contributed by atoms with Crippen molar-refractivity contribution in [3.05, 3.63) is 0 Å². The van der Waals surface area contributed by atoms with Gasteiger partial charge in [0.15, 0.2) is 0 Å². The molecule has 0 atom stereocenters. The van der Waals surface area contributed by atoms with E-state index in [9.17, 15) is 0 Å². The van der Waals surface area contributed by atoms with Gasteiger partial charge in [-0.3, -0.25) is 0 Å². The molecule has 8 nitrogen and oxygen atoms in total. The Morgan fingerprint density at radius 1 is 1.43 bits per heavy atom. The minimum Gasteiger partial charge on any atom is -0.394 e. The SMILES string of the molecule is CCCN(CCO)/[N+](=N/OOC)OO. The van der Waals surface area contributed by atoms with Crippen LogP contribution in [0.5, 0.6) is 0 Å². The molecule has 0 amide bonds. The van der Waals surface area contributed by atoms with E-state index in [4.69, 9.17) is 10.4 Å². The van der Waals surface area contributed by atoms with Crippen LogP contribution < -0.4 is 0 Å². The molecule has 0 saturated carbocycles. The molecule has 0 aromatic rings. The molecule has 0 aliphatic heterocycles. The number of nitrogens with zero attached hydrogens (tertiary/aromatic N) is 3. The summed E-state index contributed by atoms with van der Waals surface area (Å²) < 4.78 is 0. The van der Waals surface area contributed by atoms with Crippen LogP contribution in [0.3, 0.4) is 0 Å². The second-order valence-electron chi connectivity index (χ2n) is 2.33. The van der Waals surface area contributed by atoms with Gasteiger partial charge in [0.1, 0.15) is 6.54 Å². The van der Waals surface area contributed by atoms with Gasteiger partial charge >= 0.3 is 10.2 Å². The molecule has 0 unspecified atom stereocenters. The Hall–Kier alpha value is -1.12. The van der Waals surface area contributed by atoms with Crippen molar-refractivity contribution in [1.29, 1.82) is 0 Å². The normalized spacial score (nSPS) is 11.3. The standard InChI is InChI=1S/C6H15N3O5/c1-3-4-8(5-6-10)9(14-11)7-13-12-2/h10H,3-6H2,1-2H3/p+1/b9-7-. The molecule has 14 heavy (non-hydrogen) atoms. The predicted molar refractivity (Wildman–Crippen MR) is 43.4 cm³/mol. The molecule has 84 valence electrons. The van der Waals surface area contributed by atoms with Gasteiger partial charge in [0.2, 0.25) is 0 Å². The summed E-state index contributed by atoms with van der Waals surface area (Å²) in [6.45, 7) is 2.63. The van der Waals surface area contributed by atoms with E-state index in [1.54, 1.807) is 0 Å². The second-order valence-corrected chi connectivity index (χ2v) is 2.33. The third kappa shape index (κ3) is 4.80. The number of hydrogen-bond donors (Lipinski definition) is 2. The molecule has 0 spiro atoms. The van der Waals surface area contributed by atoms with Gasteiger partial charge in [-0.15, -0.1) is 10.3 Å². The van der Waals surface area contributed by atoms with Crippen LogP contribution in [-0.2, 0) is 14.9 Å². The predicted octanol–water partition coefficient (Wildman–Crippen LogP) is -0.0320. The number of hydrazine groups is 1. The Labute approximate surface area is 81.6 Å². The van der Waals surface area contributed by atoms with Crippen LogP contribution >= 0.6 is 0 Å². The van der Waals surface area contributed by atoms with Gasteiger partial charge in [0.05, 0.1) is 20.3 Å². The molecule has 2 N–H and O–H groups in total. The van der Waals surface area contributed by atoms with Gasteiger partial charge in [0.25, 0.3) is 0 Å². The molecular weight excluding hydrogens is 194 g/mol. The van der Waals surface area contributed by atoms with E-state index in [-0.39, 0.29) is 13.2 Å². The third-order valence-corrected chi connectivity index (χ3v) is 1.33. The Morgan fingerprint density at radius 2 is 2.14 bits per heavy atom. The van der Waals surface area contributed by atoms with Crippen molar-refractivity contribution in [3.8, 4) is 0 Å². The highest BCUT2D eigenvalue weighted by atomic mass is 17.3. The van der Waals surface area contributed by atoms with E-state index >= 15 is 0 Å². The fourth-order valence-electron chi connectivity index (χ4n) is 0.836. The number of aliphatic hydroxyl groups is 1. The van der Waals surface area contributed by atoms with Crippen molar-refractivity contribution in [2.75, 3.05) is 26.8 Å². The second kappa shape index (κ2) is 8.48. The van der Waals surface area contributed by atoms with E-state index in [0.29, 0.717) is 11.5 Å². The summed E-state index contributed by atoms with van der Waals surface area (Å²) in [5, 5.41) is 21.8. The van der Waals surface area contributed by atoms with Gasteiger partial charge in [-0.05, 0) is 11.4 Å². The summed E-state index contributed by atoms with van der Waals surface area (Å²) >= 11 is 0. The molecular formula is C6H16N3O5+. The lowest BCUT2D eigenvalue weighted by atomic mass is 10.4. The van der Waals surface area contributed by atoms with Crippen LogP contribution in [0, 0.1) is 0 Å². The highest BCUT2D eigenvalue weighted by molar-refractivity contribution is 4.39. The van der Waals surface area contributed by atoms with Crippen LogP contribution in [-0.4, -0.2) is 47.1 Å². The molecule has 0 aliphatic rings. The Morgan fingerprint density at radius 3 is 2.57 bits per heavy atom. The molecule has 0 rings (SSSR count). The van der Waals surface area contributed by atoms with Crippen molar-refractivity contribution in [3.63, 3.8) is 0 Å². The fourth-order valence-corrected chi connectivity index (χ4v) is 0.836. The van der Waals surface area contributed by atoms with Gasteiger partial charge < -0.3 is 5.11 Å². The third-order valence-electron chi connectivity index (χ3n) is 1.33. The quantitative estimate of drug-likeness (QED) is 0.253. The first-order valence-corrected chi connectivity index (χ1v) is 4.18. The van der Waals surface area contributed by atoms with Crippen molar-refractivity contribution in [1.82, 2.24) is 5.01 Å². The minimum absolute atomic E-state index is 0.0949. The largest absolute Gasteiger partial charge is 0.394 e. The van der Waals surface area contributed by atoms with Crippen LogP contribution in [0.25, 0.3) is 0 Å². The average molecular weight is 210 g/mol. The van der Waals surface area contributed by atoms with E-state index in [0.717, 1.165) is 6.42 Å². The molecule has 0 aliphatic carbocycles. The first-order valence-electron chi connectivity index (χ1n) is 4.18. The van der Waals surface area contributed by atoms with Gasteiger partial charge in [-0.1, -0.05) is 6.92 Å². The highest BCUT2D eigenvalue weighted by Crippen LogP contribution is 1.95. The number of hydrogen-bond acceptors (Lipinski definition) is 6. The van der Waals surface area contributed by atoms with Crippen LogP contribution in [0.2, 0.25) is 0 Å². The van der Waals surface area contributed by atoms with E-state index in [1.165, 1.54) is 12.1 Å². The molecule has 0 radical (unpaired) electrons. The number of rotatable bonds is 8. The Bertz CT molecular complexity index is 160. The summed E-state index contributed by atoms with van der Waals surface area (Å²) in [6.07, 6.45) is 0.794. The van der Waals surface area contributed by atoms with Crippen LogP contribution in [0.1, 0.15) is 13.3 Å². The zero-order chi connectivity index (χ0) is 10.8. The zero-order valence-corrected chi connectivity index (χ0v) is 8.29. The molecule has 0 fully saturated rings. The first-order chi connectivity index (χ1) is 6.79. The summed E-state index contributed by atoms with van der Waals surface area (Å²) in [6, 6.07) is 0. The maximum absolute atomic E-state index is 8.71. The molecule has 0 saturated heterocycles. The van der Waals surface area contributed by atoms with Gasteiger partial charge in [-0.2, -0.15) is 9.88 Å². The maximum atomic E-state index is 8.71. The average Bonchev–Trinajstić information content (AvgIpc) is 2.19. The molecule has 0 aromatic heterocycles. The van der Waals surface area contributed by atoms with E-state index in [2.05, 4.69) is 20.1 Å².